The molecule has 18 heavy (non-hydrogen) atoms. The first-order chi connectivity index (χ1) is 8.61. The van der Waals surface area contributed by atoms with Crippen molar-refractivity contribution in [3.63, 3.8) is 0 Å². The van der Waals surface area contributed by atoms with E-state index in [4.69, 9.17) is 0 Å². The Bertz CT molecular complexity index is 330. The first-order valence-electron chi connectivity index (χ1n) is 7.18. The van der Waals surface area contributed by atoms with Gasteiger partial charge in [0.05, 0.1) is 6.04 Å². The van der Waals surface area contributed by atoms with Gasteiger partial charge in [-0.15, -0.1) is 0 Å². The number of hydrogen-bond acceptors (Lipinski definition) is 3. The van der Waals surface area contributed by atoms with E-state index in [1.54, 1.807) is 7.05 Å². The maximum atomic E-state index is 12.0. The zero-order valence-corrected chi connectivity index (χ0v) is 11.4. The van der Waals surface area contributed by atoms with E-state index in [-0.39, 0.29) is 17.9 Å². The summed E-state index contributed by atoms with van der Waals surface area (Å²) in [5, 5.41) is 3.48. The van der Waals surface area contributed by atoms with Crippen molar-refractivity contribution in [2.24, 2.45) is 5.92 Å². The molecule has 2 amide bonds. The van der Waals surface area contributed by atoms with E-state index >= 15 is 0 Å². The lowest BCUT2D eigenvalue weighted by Gasteiger charge is -2.35. The monoisotopic (exact) mass is 252 g/mol. The number of nitrogens with one attached hydrogen (secondary N) is 1. The highest BCUT2D eigenvalue weighted by Crippen LogP contribution is 2.27. The van der Waals surface area contributed by atoms with Gasteiger partial charge >= 0.3 is 0 Å². The molecular weight excluding hydrogens is 228 g/mol. The Morgan fingerprint density at radius 1 is 1.28 bits per heavy atom. The van der Waals surface area contributed by atoms with Gasteiger partial charge in [-0.05, 0) is 25.2 Å². The Balaban J connectivity index is 1.89. The molecule has 3 atom stereocenters. The molecule has 0 radical (unpaired) electrons. The van der Waals surface area contributed by atoms with Crippen LogP contribution in [0.3, 0.4) is 0 Å². The smallest absolute Gasteiger partial charge is 0.246 e. The van der Waals surface area contributed by atoms with Crippen LogP contribution in [0, 0.1) is 5.92 Å². The highest BCUT2D eigenvalue weighted by atomic mass is 16.2. The largest absolute Gasteiger partial charge is 0.303 e. The maximum absolute atomic E-state index is 12.0. The van der Waals surface area contributed by atoms with Gasteiger partial charge in [0.15, 0.2) is 0 Å². The van der Waals surface area contributed by atoms with E-state index < -0.39 is 0 Å². The SMILES string of the molecule is CCC1CCCC(NC2CCC(=O)N(C)C2=O)C1. The van der Waals surface area contributed by atoms with E-state index in [2.05, 4.69) is 12.2 Å². The molecular formula is C14H24N2O2. The van der Waals surface area contributed by atoms with Crippen molar-refractivity contribution in [3.8, 4) is 0 Å². The minimum atomic E-state index is -0.145. The van der Waals surface area contributed by atoms with Crippen LogP contribution in [0.15, 0.2) is 0 Å². The summed E-state index contributed by atoms with van der Waals surface area (Å²) >= 11 is 0. The quantitative estimate of drug-likeness (QED) is 0.778. The molecule has 1 aliphatic carbocycles. The van der Waals surface area contributed by atoms with Crippen LogP contribution >= 0.6 is 0 Å². The molecule has 3 unspecified atom stereocenters. The van der Waals surface area contributed by atoms with Crippen molar-refractivity contribution in [2.75, 3.05) is 7.05 Å². The highest BCUT2D eigenvalue weighted by Gasteiger charge is 2.33. The maximum Gasteiger partial charge on any atom is 0.246 e. The van der Waals surface area contributed by atoms with Gasteiger partial charge in [0.2, 0.25) is 11.8 Å². The number of rotatable bonds is 3. The van der Waals surface area contributed by atoms with Crippen LogP contribution in [0.25, 0.3) is 0 Å². The number of carbonyl (C=O) groups excluding carboxylic acids is 2. The zero-order chi connectivity index (χ0) is 13.1. The fourth-order valence-corrected chi connectivity index (χ4v) is 3.17. The molecule has 1 heterocycles. The van der Waals surface area contributed by atoms with Crippen molar-refractivity contribution in [1.82, 2.24) is 10.2 Å². The van der Waals surface area contributed by atoms with Crippen molar-refractivity contribution in [2.45, 2.75) is 64.0 Å². The van der Waals surface area contributed by atoms with Crippen LogP contribution in [0.4, 0.5) is 0 Å². The van der Waals surface area contributed by atoms with Crippen molar-refractivity contribution in [1.29, 1.82) is 0 Å². The number of likely N-dealkylation sites (tertiary alicyclic amines) is 1. The molecule has 0 aromatic rings. The number of nitrogens with zero attached hydrogens (tertiary/aromatic N) is 1. The number of carbonyl (C=O) groups is 2. The summed E-state index contributed by atoms with van der Waals surface area (Å²) in [4.78, 5) is 24.7. The first-order valence-corrected chi connectivity index (χ1v) is 7.18. The molecule has 0 spiro atoms. The number of imide groups is 1. The number of amides is 2. The lowest BCUT2D eigenvalue weighted by atomic mass is 9.83. The van der Waals surface area contributed by atoms with E-state index in [0.717, 1.165) is 12.3 Å². The van der Waals surface area contributed by atoms with Gasteiger partial charge in [-0.25, -0.2) is 0 Å². The molecule has 4 heteroatoms. The molecule has 2 aliphatic rings. The van der Waals surface area contributed by atoms with Crippen LogP contribution in [0.2, 0.25) is 0 Å². The normalized spacial score (nSPS) is 33.9. The van der Waals surface area contributed by atoms with Gasteiger partial charge in [0, 0.05) is 19.5 Å². The van der Waals surface area contributed by atoms with Gasteiger partial charge in [-0.3, -0.25) is 14.5 Å². The van der Waals surface area contributed by atoms with Crippen LogP contribution in [-0.4, -0.2) is 35.8 Å². The summed E-state index contributed by atoms with van der Waals surface area (Å²) in [6, 6.07) is 0.313. The predicted molar refractivity (Wildman–Crippen MR) is 70.0 cm³/mol. The highest BCUT2D eigenvalue weighted by molar-refractivity contribution is 6.00. The summed E-state index contributed by atoms with van der Waals surface area (Å²) < 4.78 is 0. The van der Waals surface area contributed by atoms with Crippen LogP contribution in [-0.2, 0) is 9.59 Å². The predicted octanol–water partition coefficient (Wildman–Crippen LogP) is 1.69. The second-order valence-electron chi connectivity index (χ2n) is 5.69. The number of hydrogen-bond donors (Lipinski definition) is 1. The summed E-state index contributed by atoms with van der Waals surface area (Å²) in [5.74, 6) is 0.701. The molecule has 2 fully saturated rings. The minimum Gasteiger partial charge on any atom is -0.303 e. The van der Waals surface area contributed by atoms with Gasteiger partial charge in [0.25, 0.3) is 0 Å². The molecule has 2 rings (SSSR count). The third kappa shape index (κ3) is 2.91. The third-order valence-electron chi connectivity index (χ3n) is 4.45. The van der Waals surface area contributed by atoms with Crippen LogP contribution < -0.4 is 5.32 Å². The van der Waals surface area contributed by atoms with Gasteiger partial charge in [-0.2, -0.15) is 0 Å². The topological polar surface area (TPSA) is 49.4 Å². The average Bonchev–Trinajstić information content (AvgIpc) is 2.40. The molecule has 1 aliphatic heterocycles. The lowest BCUT2D eigenvalue weighted by Crippen LogP contribution is -2.54. The molecule has 4 nitrogen and oxygen atoms in total. The standard InChI is InChI=1S/C14H24N2O2/c1-3-10-5-4-6-11(9-10)15-12-7-8-13(17)16(2)14(12)18/h10-12,15H,3-9H2,1-2H3. The van der Waals surface area contributed by atoms with E-state index in [0.29, 0.717) is 18.9 Å². The van der Waals surface area contributed by atoms with Gasteiger partial charge in [0.1, 0.15) is 0 Å². The summed E-state index contributed by atoms with van der Waals surface area (Å²) in [6.07, 6.45) is 7.31. The second-order valence-corrected chi connectivity index (χ2v) is 5.69. The summed E-state index contributed by atoms with van der Waals surface area (Å²) in [6.45, 7) is 2.24. The van der Waals surface area contributed by atoms with E-state index in [1.165, 1.54) is 30.6 Å². The van der Waals surface area contributed by atoms with Crippen molar-refractivity contribution in [3.05, 3.63) is 0 Å². The Labute approximate surface area is 109 Å². The average molecular weight is 252 g/mol. The van der Waals surface area contributed by atoms with Gasteiger partial charge in [-0.1, -0.05) is 26.2 Å². The number of likely N-dealkylation sites (N-methyl/N-ethyl adjacent to an activating group) is 1. The van der Waals surface area contributed by atoms with Crippen molar-refractivity contribution >= 4 is 11.8 Å². The molecule has 102 valence electrons. The molecule has 1 saturated carbocycles. The third-order valence-corrected chi connectivity index (χ3v) is 4.45. The zero-order valence-electron chi connectivity index (χ0n) is 11.4. The Hall–Kier alpha value is -0.900. The molecule has 0 aromatic carbocycles. The van der Waals surface area contributed by atoms with Crippen molar-refractivity contribution < 1.29 is 9.59 Å². The molecule has 1 saturated heterocycles. The Kier molecular flexibility index (Phi) is 4.38. The minimum absolute atomic E-state index is 0.0480. The van der Waals surface area contributed by atoms with Crippen LogP contribution in [0.5, 0.6) is 0 Å². The van der Waals surface area contributed by atoms with Crippen LogP contribution in [0.1, 0.15) is 51.9 Å². The molecule has 0 bridgehead atoms. The van der Waals surface area contributed by atoms with E-state index in [9.17, 15) is 9.59 Å². The second kappa shape index (κ2) is 5.83. The number of piperidine rings is 1. The lowest BCUT2D eigenvalue weighted by molar-refractivity contribution is -0.148. The fraction of sp³-hybridized carbons (Fsp3) is 0.857. The fourth-order valence-electron chi connectivity index (χ4n) is 3.17. The molecule has 1 N–H and O–H groups in total. The summed E-state index contributed by atoms with van der Waals surface area (Å²) in [5.41, 5.74) is 0. The molecule has 0 aromatic heterocycles. The Morgan fingerprint density at radius 2 is 2.06 bits per heavy atom. The first kappa shape index (κ1) is 13.5. The Morgan fingerprint density at radius 3 is 2.78 bits per heavy atom. The summed E-state index contributed by atoms with van der Waals surface area (Å²) in [7, 11) is 1.59. The van der Waals surface area contributed by atoms with Gasteiger partial charge < -0.3 is 5.32 Å². The van der Waals surface area contributed by atoms with E-state index in [1.807, 2.05) is 0 Å².